The zero-order chi connectivity index (χ0) is 26.6. The van der Waals surface area contributed by atoms with Crippen molar-refractivity contribution in [1.29, 1.82) is 0 Å². The maximum Gasteiger partial charge on any atom is 0.250 e. The van der Waals surface area contributed by atoms with Crippen molar-refractivity contribution < 1.29 is 9.53 Å². The highest BCUT2D eigenvalue weighted by Gasteiger charge is 2.34. The second-order valence-electron chi connectivity index (χ2n) is 9.90. The fraction of sp³-hybridized carbons (Fsp3) is 0.345. The highest BCUT2D eigenvalue weighted by molar-refractivity contribution is 6.35. The molecule has 2 aromatic carbocycles. The van der Waals surface area contributed by atoms with Gasteiger partial charge in [-0.1, -0.05) is 35.3 Å². The fourth-order valence-electron chi connectivity index (χ4n) is 5.52. The molecule has 38 heavy (non-hydrogen) atoms. The first-order valence-electron chi connectivity index (χ1n) is 12.8. The third-order valence-electron chi connectivity index (χ3n) is 7.10. The van der Waals surface area contributed by atoms with Crippen LogP contribution >= 0.6 is 23.2 Å². The summed E-state index contributed by atoms with van der Waals surface area (Å²) < 4.78 is 7.87. The molecule has 2 aliphatic heterocycles. The number of benzene rings is 2. The number of hydrogen-bond donors (Lipinski definition) is 1. The lowest BCUT2D eigenvalue weighted by atomic mass is 9.83. The molecular weight excluding hydrogens is 523 g/mol. The van der Waals surface area contributed by atoms with Crippen LogP contribution in [0.15, 0.2) is 64.5 Å². The van der Waals surface area contributed by atoms with E-state index in [1.807, 2.05) is 29.7 Å². The maximum absolute atomic E-state index is 12.4. The van der Waals surface area contributed by atoms with Crippen LogP contribution in [0, 0.1) is 5.92 Å². The van der Waals surface area contributed by atoms with Crippen LogP contribution in [0.1, 0.15) is 41.6 Å². The van der Waals surface area contributed by atoms with Gasteiger partial charge in [0.1, 0.15) is 5.75 Å². The van der Waals surface area contributed by atoms with E-state index >= 15 is 0 Å². The second-order valence-corrected chi connectivity index (χ2v) is 10.7. The largest absolute Gasteiger partial charge is 0.494 e. The van der Waals surface area contributed by atoms with Crippen molar-refractivity contribution in [3.8, 4) is 5.75 Å². The first-order chi connectivity index (χ1) is 18.4. The third-order valence-corrected chi connectivity index (χ3v) is 7.69. The Balaban J connectivity index is 1.26. The first kappa shape index (κ1) is 26.5. The number of hydrazone groups is 1. The number of halogens is 2. The zero-order valence-corrected chi connectivity index (χ0v) is 22.7. The standard InChI is InChI=1S/C29H30Cl2N4O3/c1-2-38-27-9-6-19(14-32-33-28(36)12-21-7-8-24(30)13-25(21)31)10-23(27)18-34-15-20-11-22(17-34)26-4-3-5-29(37)35(26)16-20/h3-10,13-14,20,22H,2,11-12,15-18H2,1H3,(H,33,36)/b32-14-/t20-,22+/m1/s1. The van der Waals surface area contributed by atoms with Crippen LogP contribution < -0.4 is 15.7 Å². The number of nitrogens with zero attached hydrogens (tertiary/aromatic N) is 3. The Bertz CT molecular complexity index is 1420. The Morgan fingerprint density at radius 2 is 1.97 bits per heavy atom. The Morgan fingerprint density at radius 1 is 1.11 bits per heavy atom. The quantitative estimate of drug-likeness (QED) is 0.319. The number of hydrogen-bond acceptors (Lipinski definition) is 5. The fourth-order valence-corrected chi connectivity index (χ4v) is 6.00. The van der Waals surface area contributed by atoms with Gasteiger partial charge in [-0.25, -0.2) is 5.43 Å². The average Bonchev–Trinajstić information content (AvgIpc) is 2.88. The molecule has 1 amide bonds. The highest BCUT2D eigenvalue weighted by Crippen LogP contribution is 2.36. The summed E-state index contributed by atoms with van der Waals surface area (Å²) in [6.07, 6.45) is 2.86. The first-order valence-corrected chi connectivity index (χ1v) is 13.6. The molecule has 3 heterocycles. The van der Waals surface area contributed by atoms with Crippen molar-refractivity contribution in [2.45, 2.75) is 38.8 Å². The molecule has 1 fully saturated rings. The highest BCUT2D eigenvalue weighted by atomic mass is 35.5. The predicted molar refractivity (Wildman–Crippen MR) is 150 cm³/mol. The summed E-state index contributed by atoms with van der Waals surface area (Å²) in [6.45, 7) is 5.89. The Hall–Kier alpha value is -3.13. The molecule has 7 nitrogen and oxygen atoms in total. The van der Waals surface area contributed by atoms with Gasteiger partial charge in [0.2, 0.25) is 5.91 Å². The summed E-state index contributed by atoms with van der Waals surface area (Å²) in [7, 11) is 0. The van der Waals surface area contributed by atoms with Crippen LogP contribution in [-0.4, -0.2) is 41.3 Å². The number of nitrogens with one attached hydrogen (secondary N) is 1. The molecule has 2 aliphatic rings. The number of pyridine rings is 1. The van der Waals surface area contributed by atoms with E-state index in [9.17, 15) is 9.59 Å². The van der Waals surface area contributed by atoms with Crippen LogP contribution in [0.2, 0.25) is 10.0 Å². The number of amides is 1. The summed E-state index contributed by atoms with van der Waals surface area (Å²) >= 11 is 12.1. The van der Waals surface area contributed by atoms with E-state index in [0.717, 1.165) is 55.2 Å². The summed E-state index contributed by atoms with van der Waals surface area (Å²) in [6, 6.07) is 16.6. The molecule has 5 rings (SSSR count). The molecule has 0 spiro atoms. The van der Waals surface area contributed by atoms with Gasteiger partial charge in [-0.3, -0.25) is 14.5 Å². The molecule has 0 aliphatic carbocycles. The molecule has 1 saturated heterocycles. The Kier molecular flexibility index (Phi) is 8.17. The predicted octanol–water partition coefficient (Wildman–Crippen LogP) is 4.87. The summed E-state index contributed by atoms with van der Waals surface area (Å²) in [4.78, 5) is 27.2. The molecule has 198 valence electrons. The van der Waals surface area contributed by atoms with Gasteiger partial charge in [-0.2, -0.15) is 5.10 Å². The number of fused-ring (bicyclic) bond motifs is 4. The minimum Gasteiger partial charge on any atom is -0.494 e. The number of carbonyl (C=O) groups excluding carboxylic acids is 1. The zero-order valence-electron chi connectivity index (χ0n) is 21.2. The lowest BCUT2D eigenvalue weighted by Crippen LogP contribution is -2.46. The maximum atomic E-state index is 12.4. The smallest absolute Gasteiger partial charge is 0.250 e. The van der Waals surface area contributed by atoms with Crippen LogP contribution in [0.4, 0.5) is 0 Å². The number of likely N-dealkylation sites (tertiary alicyclic amines) is 1. The van der Waals surface area contributed by atoms with Crippen LogP contribution in [0.5, 0.6) is 5.75 Å². The number of rotatable bonds is 8. The third kappa shape index (κ3) is 6.12. The van der Waals surface area contributed by atoms with Crippen molar-refractivity contribution in [3.05, 3.63) is 97.4 Å². The summed E-state index contributed by atoms with van der Waals surface area (Å²) in [5.74, 6) is 1.38. The van der Waals surface area contributed by atoms with Crippen LogP contribution in [-0.2, 0) is 24.3 Å². The van der Waals surface area contributed by atoms with E-state index in [-0.39, 0.29) is 17.9 Å². The van der Waals surface area contributed by atoms with Gasteiger partial charge >= 0.3 is 0 Å². The summed E-state index contributed by atoms with van der Waals surface area (Å²) in [5.41, 5.74) is 6.43. The number of piperidine rings is 1. The lowest BCUT2D eigenvalue weighted by molar-refractivity contribution is -0.120. The molecular formula is C29H30Cl2N4O3. The van der Waals surface area contributed by atoms with Gasteiger partial charge in [0.05, 0.1) is 19.2 Å². The molecule has 9 heteroatoms. The Labute approximate surface area is 232 Å². The van der Waals surface area contributed by atoms with Gasteiger partial charge in [0.25, 0.3) is 5.56 Å². The minimum atomic E-state index is -0.268. The number of ether oxygens (including phenoxy) is 1. The second kappa shape index (κ2) is 11.7. The van der Waals surface area contributed by atoms with Crippen molar-refractivity contribution in [1.82, 2.24) is 14.9 Å². The van der Waals surface area contributed by atoms with E-state index in [2.05, 4.69) is 27.6 Å². The molecule has 0 unspecified atom stereocenters. The molecule has 3 aromatic rings. The normalized spacial score (nSPS) is 18.8. The minimum absolute atomic E-state index is 0.0969. The van der Waals surface area contributed by atoms with Gasteiger partial charge < -0.3 is 9.30 Å². The van der Waals surface area contributed by atoms with E-state index in [1.165, 1.54) is 0 Å². The molecule has 1 aromatic heterocycles. The average molecular weight is 553 g/mol. The lowest BCUT2D eigenvalue weighted by Gasteiger charge is -2.43. The number of carbonyl (C=O) groups is 1. The van der Waals surface area contributed by atoms with Crippen molar-refractivity contribution >= 4 is 35.3 Å². The Morgan fingerprint density at radius 3 is 2.79 bits per heavy atom. The molecule has 2 bridgehead atoms. The topological polar surface area (TPSA) is 75.9 Å². The van der Waals surface area contributed by atoms with Crippen LogP contribution in [0.3, 0.4) is 0 Å². The van der Waals surface area contributed by atoms with E-state index in [1.54, 1.807) is 30.5 Å². The number of aromatic nitrogens is 1. The van der Waals surface area contributed by atoms with E-state index < -0.39 is 0 Å². The monoisotopic (exact) mass is 552 g/mol. The summed E-state index contributed by atoms with van der Waals surface area (Å²) in [5, 5.41) is 5.12. The van der Waals surface area contributed by atoms with E-state index in [4.69, 9.17) is 27.9 Å². The van der Waals surface area contributed by atoms with Crippen LogP contribution in [0.25, 0.3) is 0 Å². The van der Waals surface area contributed by atoms with Gasteiger partial charge in [0.15, 0.2) is 0 Å². The molecule has 0 radical (unpaired) electrons. The van der Waals surface area contributed by atoms with Crippen molar-refractivity contribution in [2.24, 2.45) is 11.0 Å². The van der Waals surface area contributed by atoms with Crippen molar-refractivity contribution in [3.63, 3.8) is 0 Å². The van der Waals surface area contributed by atoms with Crippen molar-refractivity contribution in [2.75, 3.05) is 19.7 Å². The van der Waals surface area contributed by atoms with Gasteiger partial charge in [-0.05, 0) is 66.8 Å². The van der Waals surface area contributed by atoms with Gasteiger partial charge in [-0.15, -0.1) is 0 Å². The molecule has 0 saturated carbocycles. The molecule has 2 atom stereocenters. The molecule has 1 N–H and O–H groups in total. The van der Waals surface area contributed by atoms with Gasteiger partial charge in [0, 0.05) is 59.5 Å². The van der Waals surface area contributed by atoms with E-state index in [0.29, 0.717) is 34.1 Å². The SMILES string of the molecule is CCOc1ccc(/C=N\NC(=O)Cc2ccc(Cl)cc2Cl)cc1CN1C[C@H]2C[C@@H](C1)c1cccc(=O)n1C2.